The van der Waals surface area contributed by atoms with E-state index in [4.69, 9.17) is 0 Å². The fraction of sp³-hybridized carbons (Fsp3) is 0.562. The molecule has 3 heterocycles. The van der Waals surface area contributed by atoms with Gasteiger partial charge < -0.3 is 15.0 Å². The standard InChI is InChI=1S/C16H23N7O5S/c1-4-20-10-14(13(3)18-20)29(27,28)21-7-5-19(6-8-21)16(24)11-22-15(23(25)26)9-12(2)17-22/h9-10H,4-8,11H2,1-3H3. The van der Waals surface area contributed by atoms with Gasteiger partial charge in [-0.3, -0.25) is 9.48 Å². The molecular formula is C16H23N7O5S. The van der Waals surface area contributed by atoms with Crippen LogP contribution in [0.5, 0.6) is 0 Å². The minimum Gasteiger partial charge on any atom is -0.358 e. The third-order valence-electron chi connectivity index (χ3n) is 4.79. The number of rotatable bonds is 6. The molecule has 3 rings (SSSR count). The van der Waals surface area contributed by atoms with Gasteiger partial charge >= 0.3 is 5.82 Å². The van der Waals surface area contributed by atoms with E-state index in [1.807, 2.05) is 6.92 Å². The molecule has 1 aliphatic rings. The van der Waals surface area contributed by atoms with Crippen molar-refractivity contribution in [2.24, 2.45) is 0 Å². The monoisotopic (exact) mass is 425 g/mol. The summed E-state index contributed by atoms with van der Waals surface area (Å²) in [5.74, 6) is -0.594. The number of nitro groups is 1. The third-order valence-corrected chi connectivity index (χ3v) is 6.79. The summed E-state index contributed by atoms with van der Waals surface area (Å²) >= 11 is 0. The van der Waals surface area contributed by atoms with Gasteiger partial charge in [-0.25, -0.2) is 8.42 Å². The Kier molecular flexibility index (Phi) is 5.71. The maximum absolute atomic E-state index is 12.9. The number of sulfonamides is 1. The van der Waals surface area contributed by atoms with E-state index < -0.39 is 14.9 Å². The fourth-order valence-electron chi connectivity index (χ4n) is 3.26. The average Bonchev–Trinajstić information content (AvgIpc) is 3.24. The number of hydrogen-bond donors (Lipinski definition) is 0. The predicted molar refractivity (Wildman–Crippen MR) is 102 cm³/mol. The van der Waals surface area contributed by atoms with E-state index in [1.165, 1.54) is 21.5 Å². The maximum Gasteiger partial charge on any atom is 0.345 e. The Balaban J connectivity index is 1.66. The number of nitrogens with zero attached hydrogens (tertiary/aromatic N) is 7. The minimum absolute atomic E-state index is 0.144. The number of carbonyl (C=O) groups excluding carboxylic acids is 1. The van der Waals surface area contributed by atoms with Crippen molar-refractivity contribution in [2.45, 2.75) is 38.8 Å². The molecule has 1 fully saturated rings. The van der Waals surface area contributed by atoms with Crippen molar-refractivity contribution in [3.8, 4) is 0 Å². The first-order valence-corrected chi connectivity index (χ1v) is 10.6. The predicted octanol–water partition coefficient (Wildman–Crippen LogP) is 0.158. The van der Waals surface area contributed by atoms with Crippen LogP contribution in [0.3, 0.4) is 0 Å². The lowest BCUT2D eigenvalue weighted by molar-refractivity contribution is -0.392. The number of carbonyl (C=O) groups is 1. The molecule has 0 aromatic carbocycles. The summed E-state index contributed by atoms with van der Waals surface area (Å²) in [5.41, 5.74) is 0.884. The van der Waals surface area contributed by atoms with E-state index in [0.717, 1.165) is 4.68 Å². The van der Waals surface area contributed by atoms with E-state index >= 15 is 0 Å². The number of piperazine rings is 1. The molecule has 0 atom stereocenters. The molecule has 0 radical (unpaired) electrons. The SMILES string of the molecule is CCn1cc(S(=O)(=O)N2CCN(C(=O)Cn3nc(C)cc3[N+](=O)[O-])CC2)c(C)n1. The molecule has 13 heteroatoms. The number of aryl methyl sites for hydroxylation is 3. The lowest BCUT2D eigenvalue weighted by Gasteiger charge is -2.33. The van der Waals surface area contributed by atoms with Crippen LogP contribution in [0.15, 0.2) is 17.2 Å². The first-order valence-electron chi connectivity index (χ1n) is 9.14. The zero-order chi connectivity index (χ0) is 21.3. The number of aromatic nitrogens is 4. The highest BCUT2D eigenvalue weighted by Gasteiger charge is 2.33. The van der Waals surface area contributed by atoms with Crippen LogP contribution in [0.2, 0.25) is 0 Å². The fourth-order valence-corrected chi connectivity index (χ4v) is 4.85. The molecule has 1 amide bonds. The summed E-state index contributed by atoms with van der Waals surface area (Å²) in [7, 11) is -3.70. The van der Waals surface area contributed by atoms with Gasteiger partial charge in [-0.05, 0) is 25.7 Å². The summed E-state index contributed by atoms with van der Waals surface area (Å²) in [6.07, 6.45) is 1.52. The van der Waals surface area contributed by atoms with Gasteiger partial charge in [0.2, 0.25) is 10.0 Å². The second kappa shape index (κ2) is 7.91. The first kappa shape index (κ1) is 20.9. The highest BCUT2D eigenvalue weighted by molar-refractivity contribution is 7.89. The van der Waals surface area contributed by atoms with Crippen molar-refractivity contribution in [3.05, 3.63) is 33.8 Å². The highest BCUT2D eigenvalue weighted by atomic mass is 32.2. The lowest BCUT2D eigenvalue weighted by Crippen LogP contribution is -2.51. The molecule has 0 N–H and O–H groups in total. The van der Waals surface area contributed by atoms with Crippen LogP contribution in [-0.4, -0.2) is 74.2 Å². The van der Waals surface area contributed by atoms with E-state index in [0.29, 0.717) is 17.9 Å². The lowest BCUT2D eigenvalue weighted by atomic mass is 10.3. The second-order valence-corrected chi connectivity index (χ2v) is 8.68. The van der Waals surface area contributed by atoms with Gasteiger partial charge in [0.15, 0.2) is 6.54 Å². The van der Waals surface area contributed by atoms with Gasteiger partial charge in [-0.15, -0.1) is 4.68 Å². The third kappa shape index (κ3) is 4.15. The average molecular weight is 425 g/mol. The Morgan fingerprint density at radius 1 is 1.21 bits per heavy atom. The first-order chi connectivity index (χ1) is 13.6. The van der Waals surface area contributed by atoms with Gasteiger partial charge in [0, 0.05) is 38.9 Å². The van der Waals surface area contributed by atoms with Gasteiger partial charge in [0.1, 0.15) is 4.90 Å². The molecule has 0 spiro atoms. The van der Waals surface area contributed by atoms with Crippen LogP contribution in [0.1, 0.15) is 18.3 Å². The van der Waals surface area contributed by atoms with Crippen molar-refractivity contribution in [2.75, 3.05) is 26.2 Å². The molecular weight excluding hydrogens is 402 g/mol. The normalized spacial score (nSPS) is 15.6. The molecule has 0 saturated carbocycles. The van der Waals surface area contributed by atoms with Crippen LogP contribution in [0.4, 0.5) is 5.82 Å². The minimum atomic E-state index is -3.70. The molecule has 2 aromatic heterocycles. The van der Waals surface area contributed by atoms with E-state index in [-0.39, 0.29) is 49.3 Å². The Hall–Kier alpha value is -2.80. The highest BCUT2D eigenvalue weighted by Crippen LogP contribution is 2.21. The van der Waals surface area contributed by atoms with Crippen LogP contribution in [-0.2, 0) is 27.9 Å². The summed E-state index contributed by atoms with van der Waals surface area (Å²) < 4.78 is 29.8. The van der Waals surface area contributed by atoms with Gasteiger partial charge in [-0.2, -0.15) is 9.40 Å². The maximum atomic E-state index is 12.9. The Labute approximate surface area is 167 Å². The summed E-state index contributed by atoms with van der Waals surface area (Å²) in [5, 5.41) is 19.3. The van der Waals surface area contributed by atoms with Crippen molar-refractivity contribution >= 4 is 21.7 Å². The van der Waals surface area contributed by atoms with Crippen molar-refractivity contribution in [3.63, 3.8) is 0 Å². The summed E-state index contributed by atoms with van der Waals surface area (Å²) in [6, 6.07) is 1.30. The van der Waals surface area contributed by atoms with Crippen LogP contribution >= 0.6 is 0 Å². The molecule has 2 aromatic rings. The molecule has 158 valence electrons. The van der Waals surface area contributed by atoms with Crippen LogP contribution < -0.4 is 0 Å². The van der Waals surface area contributed by atoms with E-state index in [1.54, 1.807) is 18.5 Å². The topological polar surface area (TPSA) is 136 Å². The number of amides is 1. The van der Waals surface area contributed by atoms with Crippen molar-refractivity contribution in [1.82, 2.24) is 28.8 Å². The molecule has 12 nitrogen and oxygen atoms in total. The van der Waals surface area contributed by atoms with Gasteiger partial charge in [0.05, 0.1) is 17.5 Å². The van der Waals surface area contributed by atoms with E-state index in [2.05, 4.69) is 10.2 Å². The molecule has 29 heavy (non-hydrogen) atoms. The van der Waals surface area contributed by atoms with Gasteiger partial charge in [-0.1, -0.05) is 5.10 Å². The van der Waals surface area contributed by atoms with E-state index in [9.17, 15) is 23.3 Å². The zero-order valence-corrected chi connectivity index (χ0v) is 17.3. The van der Waals surface area contributed by atoms with Gasteiger partial charge in [0.25, 0.3) is 5.91 Å². The molecule has 0 bridgehead atoms. The van der Waals surface area contributed by atoms with Crippen molar-refractivity contribution in [1.29, 1.82) is 0 Å². The molecule has 0 aliphatic carbocycles. The number of hydrogen-bond acceptors (Lipinski definition) is 7. The Bertz CT molecular complexity index is 1030. The molecule has 1 aliphatic heterocycles. The smallest absolute Gasteiger partial charge is 0.345 e. The largest absolute Gasteiger partial charge is 0.358 e. The Morgan fingerprint density at radius 3 is 2.41 bits per heavy atom. The second-order valence-electron chi connectivity index (χ2n) is 6.78. The Morgan fingerprint density at radius 2 is 1.86 bits per heavy atom. The van der Waals surface area contributed by atoms with Crippen LogP contribution in [0, 0.1) is 24.0 Å². The summed E-state index contributed by atoms with van der Waals surface area (Å²) in [6.45, 7) is 6.13. The summed E-state index contributed by atoms with van der Waals surface area (Å²) in [4.78, 5) is 24.7. The van der Waals surface area contributed by atoms with Crippen LogP contribution in [0.25, 0.3) is 0 Å². The van der Waals surface area contributed by atoms with Crippen molar-refractivity contribution < 1.29 is 18.1 Å². The zero-order valence-electron chi connectivity index (χ0n) is 16.5. The molecule has 1 saturated heterocycles. The quantitative estimate of drug-likeness (QED) is 0.475. The molecule has 0 unspecified atom stereocenters.